The fraction of sp³-hybridized carbons (Fsp3) is 0.0435. The number of halogens is 2. The molecule has 3 aromatic rings. The lowest BCUT2D eigenvalue weighted by atomic mass is 10.1. The van der Waals surface area contributed by atoms with Gasteiger partial charge in [-0.15, -0.1) is 0 Å². The quantitative estimate of drug-likeness (QED) is 0.463. The molecule has 4 nitrogen and oxygen atoms in total. The van der Waals surface area contributed by atoms with Gasteiger partial charge >= 0.3 is 0 Å². The predicted octanol–water partition coefficient (Wildman–Crippen LogP) is 5.82. The summed E-state index contributed by atoms with van der Waals surface area (Å²) in [6.07, 6.45) is 1.56. The second-order valence-electron chi connectivity index (χ2n) is 6.36. The molecule has 0 aliphatic rings. The first-order chi connectivity index (χ1) is 13.9. The summed E-state index contributed by atoms with van der Waals surface area (Å²) in [6.45, 7) is 1.94. The maximum absolute atomic E-state index is 12.9. The van der Waals surface area contributed by atoms with Gasteiger partial charge in [0.05, 0.1) is 0 Å². The molecule has 0 saturated carbocycles. The molecule has 3 rings (SSSR count). The van der Waals surface area contributed by atoms with Crippen LogP contribution >= 0.6 is 27.5 Å². The fourth-order valence-corrected chi connectivity index (χ4v) is 2.99. The van der Waals surface area contributed by atoms with Crippen molar-refractivity contribution in [2.75, 3.05) is 5.32 Å². The summed E-state index contributed by atoms with van der Waals surface area (Å²) in [7, 11) is 0. The molecule has 6 heteroatoms. The van der Waals surface area contributed by atoms with E-state index in [0.717, 1.165) is 10.0 Å². The topological polar surface area (TPSA) is 58.2 Å². The fourth-order valence-electron chi connectivity index (χ4n) is 2.54. The Bertz CT molecular complexity index is 1060. The number of nitrogens with one attached hydrogen (secondary N) is 2. The first-order valence-corrected chi connectivity index (χ1v) is 10.0. The third-order valence-electron chi connectivity index (χ3n) is 4.11. The molecular weight excluding hydrogens is 452 g/mol. The highest BCUT2D eigenvalue weighted by Crippen LogP contribution is 2.19. The van der Waals surface area contributed by atoms with Crippen LogP contribution in [0.4, 0.5) is 5.69 Å². The van der Waals surface area contributed by atoms with Crippen LogP contribution in [0.1, 0.15) is 21.5 Å². The van der Waals surface area contributed by atoms with E-state index >= 15 is 0 Å². The van der Waals surface area contributed by atoms with E-state index < -0.39 is 5.91 Å². The number of carbonyl (C=O) groups excluding carboxylic acids is 2. The Kier molecular flexibility index (Phi) is 6.86. The summed E-state index contributed by atoms with van der Waals surface area (Å²) in [5.74, 6) is -0.832. The summed E-state index contributed by atoms with van der Waals surface area (Å²) in [5, 5.41) is 5.97. The zero-order valence-corrected chi connectivity index (χ0v) is 17.9. The standard InChI is InChI=1S/C23H18BrClN2O2/c1-15-6-8-16(9-7-15)22(28)27-21(14-17-4-2-3-5-20(17)25)23(29)26-19-12-10-18(24)11-13-19/h2-14H,1H3,(H,26,29)(H,27,28)/b21-14+. The molecule has 0 radical (unpaired) electrons. The van der Waals surface area contributed by atoms with Gasteiger partial charge in [0.25, 0.3) is 11.8 Å². The lowest BCUT2D eigenvalue weighted by molar-refractivity contribution is -0.113. The Balaban J connectivity index is 1.89. The normalized spacial score (nSPS) is 11.1. The maximum Gasteiger partial charge on any atom is 0.272 e. The van der Waals surface area contributed by atoms with Crippen molar-refractivity contribution in [2.24, 2.45) is 0 Å². The predicted molar refractivity (Wildman–Crippen MR) is 121 cm³/mol. The first-order valence-electron chi connectivity index (χ1n) is 8.83. The van der Waals surface area contributed by atoms with Crippen molar-refractivity contribution in [3.05, 3.63) is 105 Å². The van der Waals surface area contributed by atoms with Crippen molar-refractivity contribution in [1.82, 2.24) is 5.32 Å². The average molecular weight is 470 g/mol. The second-order valence-corrected chi connectivity index (χ2v) is 7.68. The number of hydrogen-bond donors (Lipinski definition) is 2. The van der Waals surface area contributed by atoms with E-state index in [1.807, 2.05) is 37.3 Å². The number of aryl methyl sites for hydroxylation is 1. The molecule has 0 spiro atoms. The number of rotatable bonds is 5. The minimum absolute atomic E-state index is 0.0894. The van der Waals surface area contributed by atoms with Crippen molar-refractivity contribution < 1.29 is 9.59 Å². The highest BCUT2D eigenvalue weighted by molar-refractivity contribution is 9.10. The largest absolute Gasteiger partial charge is 0.321 e. The van der Waals surface area contributed by atoms with Gasteiger partial charge < -0.3 is 10.6 Å². The van der Waals surface area contributed by atoms with Crippen LogP contribution in [-0.4, -0.2) is 11.8 Å². The summed E-state index contributed by atoms with van der Waals surface area (Å²) in [6, 6.07) is 21.4. The monoisotopic (exact) mass is 468 g/mol. The van der Waals surface area contributed by atoms with Crippen LogP contribution in [0, 0.1) is 6.92 Å². The number of anilines is 1. The van der Waals surface area contributed by atoms with Gasteiger partial charge in [0.1, 0.15) is 5.70 Å². The van der Waals surface area contributed by atoms with E-state index in [0.29, 0.717) is 21.8 Å². The molecule has 146 valence electrons. The van der Waals surface area contributed by atoms with E-state index in [9.17, 15) is 9.59 Å². The molecule has 0 aliphatic heterocycles. The van der Waals surface area contributed by atoms with Gasteiger partial charge in [-0.05, 0) is 61.0 Å². The summed E-state index contributed by atoms with van der Waals surface area (Å²) in [4.78, 5) is 25.6. The number of carbonyl (C=O) groups is 2. The van der Waals surface area contributed by atoms with E-state index in [1.54, 1.807) is 48.5 Å². The van der Waals surface area contributed by atoms with Crippen molar-refractivity contribution >= 4 is 51.1 Å². The number of benzene rings is 3. The summed E-state index contributed by atoms with van der Waals surface area (Å²) in [5.41, 5.74) is 2.82. The van der Waals surface area contributed by atoms with E-state index in [4.69, 9.17) is 11.6 Å². The highest BCUT2D eigenvalue weighted by atomic mass is 79.9. The average Bonchev–Trinajstić information content (AvgIpc) is 2.71. The smallest absolute Gasteiger partial charge is 0.272 e. The maximum atomic E-state index is 12.9. The van der Waals surface area contributed by atoms with E-state index in [2.05, 4.69) is 26.6 Å². The number of hydrogen-bond acceptors (Lipinski definition) is 2. The van der Waals surface area contributed by atoms with Gasteiger partial charge in [-0.3, -0.25) is 9.59 Å². The molecule has 3 aromatic carbocycles. The van der Waals surface area contributed by atoms with Crippen LogP contribution in [0.25, 0.3) is 6.08 Å². The number of amides is 2. The van der Waals surface area contributed by atoms with Gasteiger partial charge in [-0.1, -0.05) is 63.4 Å². The van der Waals surface area contributed by atoms with E-state index in [-0.39, 0.29) is 11.6 Å². The molecule has 0 bridgehead atoms. The Labute approximate surface area is 182 Å². The van der Waals surface area contributed by atoms with Crippen molar-refractivity contribution in [2.45, 2.75) is 6.92 Å². The Morgan fingerprint density at radius 3 is 2.24 bits per heavy atom. The molecule has 2 N–H and O–H groups in total. The molecule has 0 heterocycles. The van der Waals surface area contributed by atoms with Gasteiger partial charge in [-0.25, -0.2) is 0 Å². The Morgan fingerprint density at radius 2 is 1.59 bits per heavy atom. The Hall–Kier alpha value is -2.89. The van der Waals surface area contributed by atoms with Crippen molar-refractivity contribution in [3.63, 3.8) is 0 Å². The zero-order valence-electron chi connectivity index (χ0n) is 15.6. The van der Waals surface area contributed by atoms with Crippen LogP contribution in [0.3, 0.4) is 0 Å². The molecule has 0 aromatic heterocycles. The minimum atomic E-state index is -0.451. The van der Waals surface area contributed by atoms with Crippen LogP contribution in [-0.2, 0) is 4.79 Å². The lowest BCUT2D eigenvalue weighted by Crippen LogP contribution is -2.30. The van der Waals surface area contributed by atoms with Gasteiger partial charge in [0.15, 0.2) is 0 Å². The molecule has 0 fully saturated rings. The second kappa shape index (κ2) is 9.54. The lowest BCUT2D eigenvalue weighted by Gasteiger charge is -2.12. The van der Waals surface area contributed by atoms with Gasteiger partial charge in [0.2, 0.25) is 0 Å². The third-order valence-corrected chi connectivity index (χ3v) is 4.99. The summed E-state index contributed by atoms with van der Waals surface area (Å²) < 4.78 is 0.898. The van der Waals surface area contributed by atoms with Gasteiger partial charge in [-0.2, -0.15) is 0 Å². The SMILES string of the molecule is Cc1ccc(C(=O)N/C(=C/c2ccccc2Cl)C(=O)Nc2ccc(Br)cc2)cc1. The van der Waals surface area contributed by atoms with Crippen molar-refractivity contribution in [3.8, 4) is 0 Å². The zero-order chi connectivity index (χ0) is 20.8. The molecule has 0 aliphatic carbocycles. The van der Waals surface area contributed by atoms with E-state index in [1.165, 1.54) is 0 Å². The molecule has 29 heavy (non-hydrogen) atoms. The Morgan fingerprint density at radius 1 is 0.931 bits per heavy atom. The summed E-state index contributed by atoms with van der Waals surface area (Å²) >= 11 is 9.59. The third kappa shape index (κ3) is 5.79. The molecular formula is C23H18BrClN2O2. The van der Waals surface area contributed by atoms with Gasteiger partial charge in [0, 0.05) is 20.7 Å². The van der Waals surface area contributed by atoms with Crippen LogP contribution in [0.15, 0.2) is 83.0 Å². The minimum Gasteiger partial charge on any atom is -0.321 e. The molecule has 0 saturated heterocycles. The van der Waals surface area contributed by atoms with Crippen molar-refractivity contribution in [1.29, 1.82) is 0 Å². The molecule has 0 unspecified atom stereocenters. The van der Waals surface area contributed by atoms with Crippen LogP contribution in [0.5, 0.6) is 0 Å². The van der Waals surface area contributed by atoms with Crippen LogP contribution < -0.4 is 10.6 Å². The molecule has 2 amide bonds. The first kappa shape index (κ1) is 20.8. The molecule has 0 atom stereocenters. The van der Waals surface area contributed by atoms with Crippen LogP contribution in [0.2, 0.25) is 5.02 Å². The highest BCUT2D eigenvalue weighted by Gasteiger charge is 2.15.